The highest BCUT2D eigenvalue weighted by Gasteiger charge is 2.42. The van der Waals surface area contributed by atoms with E-state index in [0.717, 1.165) is 28.2 Å². The molecule has 9 rings (SSSR count). The van der Waals surface area contributed by atoms with Crippen LogP contribution in [0.25, 0.3) is 50.2 Å². The Kier molecular flexibility index (Phi) is 4.03. The molecule has 5 aromatic carbocycles. The van der Waals surface area contributed by atoms with Gasteiger partial charge in [-0.1, -0.05) is 68.5 Å². The van der Waals surface area contributed by atoms with E-state index in [9.17, 15) is 0 Å². The first kappa shape index (κ1) is 21.4. The molecule has 0 amide bonds. The van der Waals surface area contributed by atoms with Gasteiger partial charge in [0, 0.05) is 27.5 Å². The van der Waals surface area contributed by atoms with Crippen LogP contribution in [0.1, 0.15) is 41.7 Å². The Morgan fingerprint density at radius 2 is 1.31 bits per heavy atom. The monoisotopic (exact) mass is 506 g/mol. The highest BCUT2D eigenvalue weighted by atomic mass is 16.5. The summed E-state index contributed by atoms with van der Waals surface area (Å²) >= 11 is 0. The fraction of sp³-hybridized carbons (Fsp3) is 0.167. The molecule has 3 heterocycles. The third kappa shape index (κ3) is 2.72. The fourth-order valence-electron chi connectivity index (χ4n) is 7.27. The molecule has 39 heavy (non-hydrogen) atoms. The van der Waals surface area contributed by atoms with Gasteiger partial charge >= 0.3 is 0 Å². The van der Waals surface area contributed by atoms with Gasteiger partial charge in [-0.2, -0.15) is 0 Å². The number of benzene rings is 5. The lowest BCUT2D eigenvalue weighted by Gasteiger charge is -2.29. The summed E-state index contributed by atoms with van der Waals surface area (Å²) in [5.41, 5.74) is 13.5. The Bertz CT molecular complexity index is 1940. The van der Waals surface area contributed by atoms with Gasteiger partial charge in [0.1, 0.15) is 37.1 Å². The molecule has 0 saturated carbocycles. The number of fused-ring (bicyclic) bond motifs is 14. The van der Waals surface area contributed by atoms with Crippen LogP contribution in [-0.4, -0.2) is 6.61 Å². The van der Waals surface area contributed by atoms with Crippen molar-refractivity contribution in [2.24, 2.45) is 0 Å². The van der Waals surface area contributed by atoms with Crippen LogP contribution < -0.4 is 14.2 Å². The molecule has 0 fully saturated rings. The summed E-state index contributed by atoms with van der Waals surface area (Å²) in [6.45, 7) is 6.45. The van der Waals surface area contributed by atoms with Crippen LogP contribution >= 0.6 is 0 Å². The highest BCUT2D eigenvalue weighted by Crippen LogP contribution is 2.59. The van der Waals surface area contributed by atoms with E-state index < -0.39 is 0 Å². The summed E-state index contributed by atoms with van der Waals surface area (Å²) in [6.07, 6.45) is 4.38. The quantitative estimate of drug-likeness (QED) is 0.210. The van der Waals surface area contributed by atoms with E-state index >= 15 is 0 Å². The zero-order valence-corrected chi connectivity index (χ0v) is 21.9. The van der Waals surface area contributed by atoms with Gasteiger partial charge in [0.15, 0.2) is 0 Å². The number of rotatable bonds is 0. The molecule has 0 aromatic heterocycles. The Balaban J connectivity index is 1.42. The smallest absolute Gasteiger partial charge is 0.135 e. The predicted octanol–water partition coefficient (Wildman–Crippen LogP) is 8.67. The molecular weight excluding hydrogens is 480 g/mol. The van der Waals surface area contributed by atoms with Crippen molar-refractivity contribution in [1.29, 1.82) is 0 Å². The van der Waals surface area contributed by atoms with Crippen molar-refractivity contribution in [1.82, 2.24) is 0 Å². The molecule has 4 aliphatic rings. The van der Waals surface area contributed by atoms with E-state index in [-0.39, 0.29) is 5.41 Å². The predicted molar refractivity (Wildman–Crippen MR) is 156 cm³/mol. The second-order valence-electron chi connectivity index (χ2n) is 11.5. The third-order valence-corrected chi connectivity index (χ3v) is 9.07. The largest absolute Gasteiger partial charge is 0.488 e. The minimum absolute atomic E-state index is 0.215. The lowest BCUT2D eigenvalue weighted by atomic mass is 9.78. The van der Waals surface area contributed by atoms with Gasteiger partial charge in [-0.3, -0.25) is 0 Å². The average molecular weight is 507 g/mol. The summed E-state index contributed by atoms with van der Waals surface area (Å²) in [6, 6.07) is 26.4. The zero-order valence-electron chi connectivity index (χ0n) is 21.9. The minimum Gasteiger partial charge on any atom is -0.488 e. The van der Waals surface area contributed by atoms with Gasteiger partial charge < -0.3 is 14.2 Å². The molecule has 3 heteroatoms. The number of hydrogen-bond acceptors (Lipinski definition) is 3. The minimum atomic E-state index is -0.215. The summed E-state index contributed by atoms with van der Waals surface area (Å²) in [5.74, 6) is 2.86. The van der Waals surface area contributed by atoms with Crippen LogP contribution in [0, 0.1) is 0 Å². The normalized spacial score (nSPS) is 16.4. The first-order valence-electron chi connectivity index (χ1n) is 13.7. The molecule has 3 aliphatic heterocycles. The standard InChI is InChI=1S/C36H26O3/c1-36(2)30-17-32-26(23-11-6-4-9-21(23)19-39-32)15-29(30)33-27-14-25-22-10-5-3-8-20(22)18-38-31(25)16-28(27)35-24(34(33)36)12-7-13-37-35/h3-12,14-17H,13,18-19H2,1-2H3. The maximum Gasteiger partial charge on any atom is 0.135 e. The van der Waals surface area contributed by atoms with Crippen molar-refractivity contribution in [2.45, 2.75) is 32.5 Å². The SMILES string of the molecule is CC1(C)c2cc3c(cc2-c2c1c1c(c4cc5c(cc24)-c2ccccc2CO5)OCC=C1)-c1ccccc1CO3. The molecule has 188 valence electrons. The molecule has 5 aromatic rings. The Labute approximate surface area is 227 Å². The van der Waals surface area contributed by atoms with Gasteiger partial charge in [0.05, 0.1) is 0 Å². The molecule has 0 atom stereocenters. The Morgan fingerprint density at radius 3 is 2.05 bits per heavy atom. The number of hydrogen-bond donors (Lipinski definition) is 0. The van der Waals surface area contributed by atoms with E-state index in [1.54, 1.807) is 0 Å². The van der Waals surface area contributed by atoms with E-state index in [4.69, 9.17) is 14.2 Å². The molecule has 3 nitrogen and oxygen atoms in total. The molecule has 0 unspecified atom stereocenters. The van der Waals surface area contributed by atoms with Gasteiger partial charge in [0.25, 0.3) is 0 Å². The van der Waals surface area contributed by atoms with Crippen LogP contribution in [0.2, 0.25) is 0 Å². The highest BCUT2D eigenvalue weighted by molar-refractivity contribution is 6.11. The zero-order chi connectivity index (χ0) is 25.9. The van der Waals surface area contributed by atoms with E-state index in [2.05, 4.69) is 98.8 Å². The van der Waals surface area contributed by atoms with Crippen molar-refractivity contribution in [3.05, 3.63) is 107 Å². The van der Waals surface area contributed by atoms with Crippen LogP contribution in [0.3, 0.4) is 0 Å². The van der Waals surface area contributed by atoms with Crippen LogP contribution in [0.5, 0.6) is 17.2 Å². The molecule has 0 bridgehead atoms. The number of ether oxygens (including phenoxy) is 3. The van der Waals surface area contributed by atoms with Crippen LogP contribution in [0.15, 0.2) is 78.9 Å². The second kappa shape index (κ2) is 7.33. The second-order valence-corrected chi connectivity index (χ2v) is 11.5. The van der Waals surface area contributed by atoms with Crippen molar-refractivity contribution >= 4 is 16.8 Å². The summed E-state index contributed by atoms with van der Waals surface area (Å²) < 4.78 is 19.0. The summed E-state index contributed by atoms with van der Waals surface area (Å²) in [4.78, 5) is 0. The maximum absolute atomic E-state index is 6.39. The molecule has 0 radical (unpaired) electrons. The summed E-state index contributed by atoms with van der Waals surface area (Å²) in [7, 11) is 0. The van der Waals surface area contributed by atoms with Gasteiger partial charge in [-0.15, -0.1) is 0 Å². The summed E-state index contributed by atoms with van der Waals surface area (Å²) in [5, 5.41) is 2.33. The van der Waals surface area contributed by atoms with Crippen molar-refractivity contribution in [3.8, 4) is 50.6 Å². The Hall–Kier alpha value is -4.50. The first-order valence-corrected chi connectivity index (χ1v) is 13.7. The molecule has 0 saturated heterocycles. The topological polar surface area (TPSA) is 27.7 Å². The first-order chi connectivity index (χ1) is 19.1. The van der Waals surface area contributed by atoms with E-state index in [0.29, 0.717) is 19.8 Å². The Morgan fingerprint density at radius 1 is 0.641 bits per heavy atom. The van der Waals surface area contributed by atoms with Crippen LogP contribution in [0.4, 0.5) is 0 Å². The van der Waals surface area contributed by atoms with E-state index in [1.165, 1.54) is 61.0 Å². The molecule has 0 N–H and O–H groups in total. The lowest BCUT2D eigenvalue weighted by molar-refractivity contribution is 0.301. The lowest BCUT2D eigenvalue weighted by Crippen LogP contribution is -2.18. The van der Waals surface area contributed by atoms with Crippen molar-refractivity contribution < 1.29 is 14.2 Å². The van der Waals surface area contributed by atoms with Crippen LogP contribution in [-0.2, 0) is 18.6 Å². The molecule has 1 aliphatic carbocycles. The third-order valence-electron chi connectivity index (χ3n) is 9.07. The molecular formula is C36H26O3. The van der Waals surface area contributed by atoms with Crippen molar-refractivity contribution in [2.75, 3.05) is 6.61 Å². The van der Waals surface area contributed by atoms with Gasteiger partial charge in [0.2, 0.25) is 0 Å². The van der Waals surface area contributed by atoms with Gasteiger partial charge in [-0.05, 0) is 80.2 Å². The molecule has 0 spiro atoms. The fourth-order valence-corrected chi connectivity index (χ4v) is 7.27. The van der Waals surface area contributed by atoms with Gasteiger partial charge in [-0.25, -0.2) is 0 Å². The van der Waals surface area contributed by atoms with E-state index in [1.807, 2.05) is 0 Å². The van der Waals surface area contributed by atoms with Crippen molar-refractivity contribution in [3.63, 3.8) is 0 Å². The maximum atomic E-state index is 6.39. The average Bonchev–Trinajstić information content (AvgIpc) is 3.21.